The predicted octanol–water partition coefficient (Wildman–Crippen LogP) is 1.40. The van der Waals surface area contributed by atoms with Crippen molar-refractivity contribution in [2.75, 3.05) is 17.7 Å². The quantitative estimate of drug-likeness (QED) is 0.668. The van der Waals surface area contributed by atoms with E-state index < -0.39 is 12.1 Å². The van der Waals surface area contributed by atoms with Gasteiger partial charge in [0.25, 0.3) is 0 Å². The number of carboxylic acid groups (broad SMARTS) is 1. The van der Waals surface area contributed by atoms with Crippen molar-refractivity contribution >= 4 is 23.3 Å². The molecular weight excluding hydrogens is 218 g/mol. The molecule has 0 heterocycles. The van der Waals surface area contributed by atoms with E-state index in [4.69, 9.17) is 16.7 Å². The first-order valence-corrected chi connectivity index (χ1v) is 4.98. The van der Waals surface area contributed by atoms with E-state index in [2.05, 4.69) is 5.32 Å². The van der Waals surface area contributed by atoms with Crippen LogP contribution in [-0.4, -0.2) is 34.7 Å². The highest BCUT2D eigenvalue weighted by molar-refractivity contribution is 6.18. The highest BCUT2D eigenvalue weighted by atomic mass is 35.5. The van der Waals surface area contributed by atoms with Gasteiger partial charge in [-0.3, -0.25) is 0 Å². The SMILES string of the molecule is O=C(O)c1ccc(NC[C@H](O)CCl)cc1. The Morgan fingerprint density at radius 1 is 1.40 bits per heavy atom. The van der Waals surface area contributed by atoms with Crippen LogP contribution in [0, 0.1) is 0 Å². The summed E-state index contributed by atoms with van der Waals surface area (Å²) in [5.41, 5.74) is 0.989. The number of carbonyl (C=O) groups is 1. The van der Waals surface area contributed by atoms with Crippen molar-refractivity contribution in [1.29, 1.82) is 0 Å². The molecule has 1 rings (SSSR count). The van der Waals surface area contributed by atoms with Gasteiger partial charge in [0.2, 0.25) is 0 Å². The fourth-order valence-electron chi connectivity index (χ4n) is 1.02. The molecule has 0 aliphatic carbocycles. The monoisotopic (exact) mass is 229 g/mol. The topological polar surface area (TPSA) is 69.6 Å². The Bertz CT molecular complexity index is 326. The summed E-state index contributed by atoms with van der Waals surface area (Å²) in [6.07, 6.45) is -0.606. The van der Waals surface area contributed by atoms with Crippen LogP contribution in [0.5, 0.6) is 0 Å². The maximum atomic E-state index is 10.5. The number of anilines is 1. The van der Waals surface area contributed by atoms with E-state index in [1.807, 2.05) is 0 Å². The minimum Gasteiger partial charge on any atom is -0.478 e. The van der Waals surface area contributed by atoms with E-state index in [0.29, 0.717) is 6.54 Å². The Labute approximate surface area is 92.5 Å². The van der Waals surface area contributed by atoms with E-state index in [1.165, 1.54) is 12.1 Å². The maximum absolute atomic E-state index is 10.5. The Balaban J connectivity index is 2.53. The summed E-state index contributed by atoms with van der Waals surface area (Å²) in [6, 6.07) is 6.28. The Morgan fingerprint density at radius 3 is 2.47 bits per heavy atom. The zero-order chi connectivity index (χ0) is 11.3. The van der Waals surface area contributed by atoms with E-state index in [-0.39, 0.29) is 11.4 Å². The number of rotatable bonds is 5. The molecule has 15 heavy (non-hydrogen) atoms. The number of hydrogen-bond donors (Lipinski definition) is 3. The molecule has 0 aliphatic rings. The minimum atomic E-state index is -0.956. The average Bonchev–Trinajstić information content (AvgIpc) is 2.26. The fourth-order valence-corrected chi connectivity index (χ4v) is 1.13. The lowest BCUT2D eigenvalue weighted by Crippen LogP contribution is -2.20. The lowest BCUT2D eigenvalue weighted by molar-refractivity contribution is 0.0697. The first kappa shape index (κ1) is 11.8. The maximum Gasteiger partial charge on any atom is 0.335 e. The van der Waals surface area contributed by atoms with Crippen LogP contribution in [0.25, 0.3) is 0 Å². The van der Waals surface area contributed by atoms with Crippen molar-refractivity contribution < 1.29 is 15.0 Å². The van der Waals surface area contributed by atoms with E-state index in [1.54, 1.807) is 12.1 Å². The predicted molar refractivity (Wildman–Crippen MR) is 58.6 cm³/mol. The molecule has 0 amide bonds. The first-order chi connectivity index (χ1) is 7.13. The third kappa shape index (κ3) is 3.77. The zero-order valence-electron chi connectivity index (χ0n) is 7.98. The van der Waals surface area contributed by atoms with Crippen LogP contribution >= 0.6 is 11.6 Å². The molecule has 1 atom stereocenters. The molecule has 5 heteroatoms. The number of aliphatic hydroxyl groups excluding tert-OH is 1. The fraction of sp³-hybridized carbons (Fsp3) is 0.300. The lowest BCUT2D eigenvalue weighted by atomic mass is 10.2. The smallest absolute Gasteiger partial charge is 0.335 e. The van der Waals surface area contributed by atoms with Crippen LogP contribution < -0.4 is 5.32 Å². The Morgan fingerprint density at radius 2 is 2.00 bits per heavy atom. The first-order valence-electron chi connectivity index (χ1n) is 4.44. The van der Waals surface area contributed by atoms with Gasteiger partial charge in [-0.25, -0.2) is 4.79 Å². The van der Waals surface area contributed by atoms with Crippen LogP contribution in [0.15, 0.2) is 24.3 Å². The van der Waals surface area contributed by atoms with Crippen molar-refractivity contribution in [3.63, 3.8) is 0 Å². The molecule has 0 aliphatic heterocycles. The standard InChI is InChI=1S/C10H12ClNO3/c11-5-9(13)6-12-8-3-1-7(2-4-8)10(14)15/h1-4,9,12-13H,5-6H2,(H,14,15)/t9-/m1/s1. The molecule has 1 aromatic rings. The number of carboxylic acids is 1. The summed E-state index contributed by atoms with van der Waals surface area (Å²) in [7, 11) is 0. The summed E-state index contributed by atoms with van der Waals surface area (Å²) in [6.45, 7) is 0.343. The summed E-state index contributed by atoms with van der Waals surface area (Å²) in [5.74, 6) is -0.789. The van der Waals surface area contributed by atoms with Crippen molar-refractivity contribution in [3.05, 3.63) is 29.8 Å². The Hall–Kier alpha value is -1.26. The Kier molecular flexibility index (Phi) is 4.39. The van der Waals surface area contributed by atoms with Crippen LogP contribution in [-0.2, 0) is 0 Å². The second-order valence-corrected chi connectivity index (χ2v) is 3.38. The van der Waals surface area contributed by atoms with Crippen molar-refractivity contribution in [1.82, 2.24) is 0 Å². The van der Waals surface area contributed by atoms with E-state index in [9.17, 15) is 9.90 Å². The zero-order valence-corrected chi connectivity index (χ0v) is 8.74. The summed E-state index contributed by atoms with van der Waals surface area (Å²) < 4.78 is 0. The average molecular weight is 230 g/mol. The van der Waals surface area contributed by atoms with Gasteiger partial charge >= 0.3 is 5.97 Å². The molecule has 0 saturated heterocycles. The molecular formula is C10H12ClNO3. The number of aliphatic hydroxyl groups is 1. The molecule has 3 N–H and O–H groups in total. The highest BCUT2D eigenvalue weighted by Crippen LogP contribution is 2.09. The van der Waals surface area contributed by atoms with Gasteiger partial charge in [0.1, 0.15) is 0 Å². The van der Waals surface area contributed by atoms with Gasteiger partial charge in [0.15, 0.2) is 0 Å². The van der Waals surface area contributed by atoms with Crippen molar-refractivity contribution in [2.24, 2.45) is 0 Å². The number of hydrogen-bond acceptors (Lipinski definition) is 3. The number of halogens is 1. The molecule has 82 valence electrons. The van der Waals surface area contributed by atoms with Crippen molar-refractivity contribution in [2.45, 2.75) is 6.10 Å². The number of alkyl halides is 1. The highest BCUT2D eigenvalue weighted by Gasteiger charge is 2.03. The number of benzene rings is 1. The molecule has 4 nitrogen and oxygen atoms in total. The van der Waals surface area contributed by atoms with E-state index in [0.717, 1.165) is 5.69 Å². The number of nitrogens with one attached hydrogen (secondary N) is 1. The molecule has 0 fully saturated rings. The van der Waals surface area contributed by atoms with Crippen LogP contribution in [0.2, 0.25) is 0 Å². The molecule has 0 aromatic heterocycles. The third-order valence-electron chi connectivity index (χ3n) is 1.85. The molecule has 0 unspecified atom stereocenters. The second-order valence-electron chi connectivity index (χ2n) is 3.07. The van der Waals surface area contributed by atoms with Gasteiger partial charge in [-0.1, -0.05) is 0 Å². The van der Waals surface area contributed by atoms with Gasteiger partial charge in [0.05, 0.1) is 17.5 Å². The second kappa shape index (κ2) is 5.58. The molecule has 0 saturated carbocycles. The normalized spacial score (nSPS) is 12.1. The number of aromatic carboxylic acids is 1. The van der Waals surface area contributed by atoms with Gasteiger partial charge in [0, 0.05) is 12.2 Å². The van der Waals surface area contributed by atoms with Crippen LogP contribution in [0.4, 0.5) is 5.69 Å². The van der Waals surface area contributed by atoms with Gasteiger partial charge in [-0.2, -0.15) is 0 Å². The summed E-state index contributed by atoms with van der Waals surface area (Å²) in [5, 5.41) is 20.8. The largest absolute Gasteiger partial charge is 0.478 e. The molecule has 0 spiro atoms. The third-order valence-corrected chi connectivity index (χ3v) is 2.21. The van der Waals surface area contributed by atoms with Crippen LogP contribution in [0.3, 0.4) is 0 Å². The summed E-state index contributed by atoms with van der Waals surface area (Å²) in [4.78, 5) is 10.5. The van der Waals surface area contributed by atoms with Gasteiger partial charge in [-0.05, 0) is 24.3 Å². The van der Waals surface area contributed by atoms with Gasteiger partial charge < -0.3 is 15.5 Å². The molecule has 0 radical (unpaired) electrons. The van der Waals surface area contributed by atoms with Crippen LogP contribution in [0.1, 0.15) is 10.4 Å². The minimum absolute atomic E-state index is 0.167. The van der Waals surface area contributed by atoms with E-state index >= 15 is 0 Å². The summed E-state index contributed by atoms with van der Waals surface area (Å²) >= 11 is 5.42. The molecule has 1 aromatic carbocycles. The van der Waals surface area contributed by atoms with Crippen molar-refractivity contribution in [3.8, 4) is 0 Å². The van der Waals surface area contributed by atoms with Gasteiger partial charge in [-0.15, -0.1) is 11.6 Å². The molecule has 0 bridgehead atoms. The lowest BCUT2D eigenvalue weighted by Gasteiger charge is -2.09.